The number of nitrogens with zero attached hydrogens (tertiary/aromatic N) is 1. The van der Waals surface area contributed by atoms with Crippen molar-refractivity contribution < 1.29 is 4.79 Å². The number of hydrogen-bond acceptors (Lipinski definition) is 2. The lowest BCUT2D eigenvalue weighted by Gasteiger charge is -1.85. The first-order chi connectivity index (χ1) is 4.20. The fraction of sp³-hybridized carbons (Fsp3) is 0.400. The molecule has 1 heterocycles. The van der Waals surface area contributed by atoms with E-state index in [4.69, 9.17) is 0 Å². The summed E-state index contributed by atoms with van der Waals surface area (Å²) in [5, 5.41) is 5.84. The third-order valence-corrected chi connectivity index (χ3v) is 0.914. The molecule has 0 unspecified atom stereocenters. The van der Waals surface area contributed by atoms with E-state index < -0.39 is 6.09 Å². The Morgan fingerprint density at radius 3 is 2.56 bits per heavy atom. The smallest absolute Gasteiger partial charge is 0.210 e. The summed E-state index contributed by atoms with van der Waals surface area (Å²) in [6, 6.07) is 0. The number of carbonyl (C=O) groups is 1. The van der Waals surface area contributed by atoms with Gasteiger partial charge >= 0.3 is 6.09 Å². The summed E-state index contributed by atoms with van der Waals surface area (Å²) in [5.74, 6) is 0.514. The van der Waals surface area contributed by atoms with Crippen LogP contribution in [0.4, 0.5) is 4.79 Å². The van der Waals surface area contributed by atoms with Crippen molar-refractivity contribution in [3.05, 3.63) is 15.9 Å². The fourth-order valence-corrected chi connectivity index (χ4v) is 0.446. The molecule has 1 rings (SSSR count). The Morgan fingerprint density at radius 1 is 1.67 bits per heavy atom. The Bertz CT molecular complexity index is 201. The van der Waals surface area contributed by atoms with Crippen molar-refractivity contribution in [2.75, 3.05) is 0 Å². The van der Waals surface area contributed by atoms with Crippen molar-refractivity contribution >= 4 is 6.09 Å². The maximum absolute atomic E-state index is 10.3. The maximum atomic E-state index is 10.3. The molecular weight excluding hydrogens is 120 g/mol. The van der Waals surface area contributed by atoms with Gasteiger partial charge in [0.2, 0.25) is 5.82 Å². The molecule has 0 spiro atoms. The number of rotatable bonds is 0. The van der Waals surface area contributed by atoms with Gasteiger partial charge in [0.25, 0.3) is 0 Å². The summed E-state index contributed by atoms with van der Waals surface area (Å²) in [6.07, 6.45) is -0.508. The minimum Gasteiger partial charge on any atom is -0.210 e. The standard InChI is InChI=1S/C5H6N2O2/c1-3(2)4-6-5(8)9-7-4/h1-2H3/p+1. The highest BCUT2D eigenvalue weighted by Crippen LogP contribution is 2.05. The van der Waals surface area contributed by atoms with Gasteiger partial charge in [0, 0.05) is 0 Å². The number of nitrogens with one attached hydrogen (secondary N) is 1. The van der Waals surface area contributed by atoms with E-state index >= 15 is 0 Å². The molecular formula is C5H7N2O2+. The Hall–Kier alpha value is -1.19. The van der Waals surface area contributed by atoms with Crippen LogP contribution in [-0.4, -0.2) is 6.09 Å². The molecule has 0 saturated carbocycles. The number of allylic oxidation sites excluding steroid dienone is 1. The first kappa shape index (κ1) is 5.94. The van der Waals surface area contributed by atoms with Crippen LogP contribution in [0.3, 0.4) is 0 Å². The molecule has 4 heteroatoms. The largest absolute Gasteiger partial charge is 0.723 e. The highest BCUT2D eigenvalue weighted by atomic mass is 16.6. The first-order valence-electron chi connectivity index (χ1n) is 2.56. The highest BCUT2D eigenvalue weighted by molar-refractivity contribution is 5.88. The van der Waals surface area contributed by atoms with E-state index in [1.165, 1.54) is 0 Å². The summed E-state index contributed by atoms with van der Waals surface area (Å²) in [6.45, 7) is 3.68. The zero-order valence-electron chi connectivity index (χ0n) is 5.26. The lowest BCUT2D eigenvalue weighted by atomic mass is 10.3. The summed E-state index contributed by atoms with van der Waals surface area (Å²) in [5.41, 5.74) is 0.931. The second-order valence-electron chi connectivity index (χ2n) is 1.94. The van der Waals surface area contributed by atoms with Gasteiger partial charge in [0.15, 0.2) is 0 Å². The number of amides is 1. The van der Waals surface area contributed by atoms with Crippen LogP contribution in [0.1, 0.15) is 13.8 Å². The minimum absolute atomic E-state index is 0.508. The van der Waals surface area contributed by atoms with Gasteiger partial charge in [-0.05, 0) is 19.4 Å². The van der Waals surface area contributed by atoms with Crippen LogP contribution in [-0.2, 0) is 0 Å². The van der Waals surface area contributed by atoms with Crippen LogP contribution in [0, 0.1) is 4.54 Å². The van der Waals surface area contributed by atoms with Crippen molar-refractivity contribution in [3.8, 4) is 0 Å². The molecule has 0 atom stereocenters. The minimum atomic E-state index is -0.508. The van der Waals surface area contributed by atoms with Gasteiger partial charge in [-0.25, -0.2) is 5.32 Å². The zero-order valence-corrected chi connectivity index (χ0v) is 5.26. The molecule has 0 aromatic rings. The average Bonchev–Trinajstić information content (AvgIpc) is 2.14. The molecule has 0 bridgehead atoms. The van der Waals surface area contributed by atoms with E-state index in [9.17, 15) is 4.79 Å². The van der Waals surface area contributed by atoms with E-state index in [1.54, 1.807) is 0 Å². The molecule has 0 radical (unpaired) electrons. The van der Waals surface area contributed by atoms with Crippen LogP contribution in [0.2, 0.25) is 0 Å². The SMILES string of the molecule is CC(C)=C1N=[O+]C(=O)N1. The van der Waals surface area contributed by atoms with Crippen molar-refractivity contribution in [3.63, 3.8) is 0 Å². The normalized spacial score (nSPS) is 16.2. The Labute approximate surface area is 52.2 Å². The molecule has 0 saturated heterocycles. The van der Waals surface area contributed by atoms with Gasteiger partial charge < -0.3 is 0 Å². The van der Waals surface area contributed by atoms with E-state index in [-0.39, 0.29) is 0 Å². The Morgan fingerprint density at radius 2 is 2.33 bits per heavy atom. The average molecular weight is 127 g/mol. The van der Waals surface area contributed by atoms with Crippen molar-refractivity contribution in [1.82, 2.24) is 5.32 Å². The monoisotopic (exact) mass is 127 g/mol. The molecule has 9 heavy (non-hydrogen) atoms. The molecule has 48 valence electrons. The molecule has 0 fully saturated rings. The van der Waals surface area contributed by atoms with Gasteiger partial charge in [-0.1, -0.05) is 0 Å². The second kappa shape index (κ2) is 1.97. The van der Waals surface area contributed by atoms with E-state index in [0.29, 0.717) is 5.82 Å². The summed E-state index contributed by atoms with van der Waals surface area (Å²) < 4.78 is 4.24. The summed E-state index contributed by atoms with van der Waals surface area (Å²) in [7, 11) is 0. The Balaban J connectivity index is 2.83. The fourth-order valence-electron chi connectivity index (χ4n) is 0.446. The first-order valence-corrected chi connectivity index (χ1v) is 2.56. The van der Waals surface area contributed by atoms with Gasteiger partial charge in [0.05, 0.1) is 9.97 Å². The van der Waals surface area contributed by atoms with Crippen molar-refractivity contribution in [2.24, 2.45) is 5.18 Å². The molecule has 0 aliphatic carbocycles. The zero-order chi connectivity index (χ0) is 6.85. The molecule has 4 nitrogen and oxygen atoms in total. The predicted molar refractivity (Wildman–Crippen MR) is 32.7 cm³/mol. The van der Waals surface area contributed by atoms with Crippen LogP contribution in [0.25, 0.3) is 0 Å². The topological polar surface area (TPSA) is 52.8 Å². The molecule has 0 aromatic heterocycles. The lowest BCUT2D eigenvalue weighted by molar-refractivity contribution is 0.258. The van der Waals surface area contributed by atoms with E-state index in [2.05, 4.69) is 15.0 Å². The summed E-state index contributed by atoms with van der Waals surface area (Å²) in [4.78, 5) is 10.3. The van der Waals surface area contributed by atoms with E-state index in [0.717, 1.165) is 5.57 Å². The predicted octanol–water partition coefficient (Wildman–Crippen LogP) is 1.26. The number of hydrogen-bond donors (Lipinski definition) is 1. The Kier molecular flexibility index (Phi) is 1.30. The molecule has 1 aliphatic rings. The van der Waals surface area contributed by atoms with E-state index in [1.807, 2.05) is 13.8 Å². The quantitative estimate of drug-likeness (QED) is 0.489. The van der Waals surface area contributed by atoms with Crippen molar-refractivity contribution in [2.45, 2.75) is 13.8 Å². The van der Waals surface area contributed by atoms with Gasteiger partial charge in [0.1, 0.15) is 0 Å². The number of nitroso groups, excluding NO2 is 1. The molecule has 0 aromatic carbocycles. The second-order valence-corrected chi connectivity index (χ2v) is 1.94. The highest BCUT2D eigenvalue weighted by Gasteiger charge is 2.25. The van der Waals surface area contributed by atoms with Crippen LogP contribution < -0.4 is 5.32 Å². The van der Waals surface area contributed by atoms with Crippen LogP contribution in [0.15, 0.2) is 16.6 Å². The third kappa shape index (κ3) is 1.13. The van der Waals surface area contributed by atoms with Gasteiger partial charge in [-0.2, -0.15) is 0 Å². The lowest BCUT2D eigenvalue weighted by Crippen LogP contribution is -2.12. The number of carbonyl (C=O) groups excluding carboxylic acids is 1. The molecule has 1 amide bonds. The third-order valence-electron chi connectivity index (χ3n) is 0.914. The van der Waals surface area contributed by atoms with Crippen molar-refractivity contribution in [1.29, 1.82) is 0 Å². The van der Waals surface area contributed by atoms with Crippen LogP contribution in [0.5, 0.6) is 0 Å². The molecule has 1 aliphatic heterocycles. The van der Waals surface area contributed by atoms with Crippen LogP contribution >= 0.6 is 0 Å². The van der Waals surface area contributed by atoms with Gasteiger partial charge in [-0.3, -0.25) is 0 Å². The molecule has 1 N–H and O–H groups in total. The summed E-state index contributed by atoms with van der Waals surface area (Å²) >= 11 is 0. The van der Waals surface area contributed by atoms with Gasteiger partial charge in [-0.15, -0.1) is 4.54 Å². The maximum Gasteiger partial charge on any atom is 0.723 e.